The average Bonchev–Trinajstić information content (AvgIpc) is 3.24. The zero-order valence-electron chi connectivity index (χ0n) is 19.1. The number of hydrogen-bond acceptors (Lipinski definition) is 5. The van der Waals surface area contributed by atoms with Crippen LogP contribution in [0.5, 0.6) is 0 Å². The van der Waals surface area contributed by atoms with Gasteiger partial charge in [0, 0.05) is 11.0 Å². The summed E-state index contributed by atoms with van der Waals surface area (Å²) in [6.45, 7) is 8.23. The summed E-state index contributed by atoms with van der Waals surface area (Å²) in [5.41, 5.74) is 2.02. The number of nitrogens with one attached hydrogen (secondary N) is 2. The number of allylic oxidation sites excluding steroid dienone is 3. The number of imidazole rings is 1. The van der Waals surface area contributed by atoms with Crippen molar-refractivity contribution in [2.45, 2.75) is 59.0 Å². The molecule has 0 radical (unpaired) electrons. The zero-order valence-corrected chi connectivity index (χ0v) is 20.7. The summed E-state index contributed by atoms with van der Waals surface area (Å²) in [4.78, 5) is 34.9. The Labute approximate surface area is 192 Å². The SMILES string of the molecule is CCC(c1ncc(C2=CC(OC)=C(Br)CC2)[nH]1)N(CC)C(=O)C(NC(=O)OC)C(C)C. The highest BCUT2D eigenvalue weighted by molar-refractivity contribution is 9.11. The van der Waals surface area contributed by atoms with E-state index in [-0.39, 0.29) is 17.9 Å². The lowest BCUT2D eigenvalue weighted by atomic mass is 10.0. The van der Waals surface area contributed by atoms with Crippen LogP contribution in [0.4, 0.5) is 4.79 Å². The van der Waals surface area contributed by atoms with Crippen molar-refractivity contribution in [1.29, 1.82) is 0 Å². The third-order valence-corrected chi connectivity index (χ3v) is 6.23. The molecular formula is C22H33BrN4O4. The second-order valence-corrected chi connectivity index (χ2v) is 8.69. The highest BCUT2D eigenvalue weighted by Gasteiger charge is 2.33. The molecule has 2 N–H and O–H groups in total. The van der Waals surface area contributed by atoms with Crippen LogP contribution >= 0.6 is 15.9 Å². The molecule has 2 amide bonds. The second kappa shape index (κ2) is 11.4. The molecule has 0 aromatic carbocycles. The Morgan fingerprint density at radius 3 is 2.55 bits per heavy atom. The molecule has 1 aromatic heterocycles. The van der Waals surface area contributed by atoms with Crippen LogP contribution in [0.2, 0.25) is 0 Å². The quantitative estimate of drug-likeness (QED) is 0.523. The van der Waals surface area contributed by atoms with E-state index in [1.807, 2.05) is 33.8 Å². The molecule has 2 rings (SSSR count). The molecule has 0 saturated carbocycles. The maximum atomic E-state index is 13.3. The van der Waals surface area contributed by atoms with Crippen molar-refractivity contribution in [3.05, 3.63) is 34.0 Å². The number of carbonyl (C=O) groups excluding carboxylic acids is 2. The van der Waals surface area contributed by atoms with Crippen LogP contribution in [-0.2, 0) is 14.3 Å². The van der Waals surface area contributed by atoms with E-state index in [4.69, 9.17) is 9.47 Å². The van der Waals surface area contributed by atoms with Crippen LogP contribution in [0.1, 0.15) is 64.5 Å². The first-order chi connectivity index (χ1) is 14.8. The molecule has 9 heteroatoms. The van der Waals surface area contributed by atoms with E-state index in [1.54, 1.807) is 18.2 Å². The number of ether oxygens (including phenoxy) is 2. The molecule has 0 spiro atoms. The van der Waals surface area contributed by atoms with Crippen molar-refractivity contribution in [1.82, 2.24) is 20.2 Å². The van der Waals surface area contributed by atoms with E-state index in [9.17, 15) is 9.59 Å². The highest BCUT2D eigenvalue weighted by Crippen LogP contribution is 2.34. The van der Waals surface area contributed by atoms with E-state index < -0.39 is 12.1 Å². The molecular weight excluding hydrogens is 464 g/mol. The number of H-pyrrole nitrogens is 1. The average molecular weight is 497 g/mol. The molecule has 1 aliphatic rings. The van der Waals surface area contributed by atoms with Crippen LogP contribution in [0.3, 0.4) is 0 Å². The molecule has 31 heavy (non-hydrogen) atoms. The Morgan fingerprint density at radius 2 is 2.00 bits per heavy atom. The highest BCUT2D eigenvalue weighted by atomic mass is 79.9. The topological polar surface area (TPSA) is 96.5 Å². The van der Waals surface area contributed by atoms with Gasteiger partial charge in [-0.2, -0.15) is 0 Å². The van der Waals surface area contributed by atoms with Crippen molar-refractivity contribution in [3.8, 4) is 0 Å². The number of aromatic amines is 1. The summed E-state index contributed by atoms with van der Waals surface area (Å²) in [5, 5.41) is 2.67. The largest absolute Gasteiger partial charge is 0.496 e. The van der Waals surface area contributed by atoms with Gasteiger partial charge in [0.2, 0.25) is 5.91 Å². The minimum atomic E-state index is -0.677. The Morgan fingerprint density at radius 1 is 1.29 bits per heavy atom. The predicted octanol–water partition coefficient (Wildman–Crippen LogP) is 4.52. The molecule has 0 bridgehead atoms. The predicted molar refractivity (Wildman–Crippen MR) is 123 cm³/mol. The van der Waals surface area contributed by atoms with Crippen LogP contribution in [0.25, 0.3) is 5.57 Å². The maximum absolute atomic E-state index is 13.3. The van der Waals surface area contributed by atoms with Crippen molar-refractivity contribution >= 4 is 33.5 Å². The van der Waals surface area contributed by atoms with Crippen LogP contribution < -0.4 is 5.32 Å². The van der Waals surface area contributed by atoms with Gasteiger partial charge in [-0.15, -0.1) is 0 Å². The molecule has 0 fully saturated rings. The fourth-order valence-corrected chi connectivity index (χ4v) is 4.17. The third kappa shape index (κ3) is 5.90. The van der Waals surface area contributed by atoms with Crippen LogP contribution in [0.15, 0.2) is 22.5 Å². The van der Waals surface area contributed by atoms with E-state index in [2.05, 4.69) is 31.2 Å². The summed E-state index contributed by atoms with van der Waals surface area (Å²) in [6, 6.07) is -0.913. The van der Waals surface area contributed by atoms with Gasteiger partial charge >= 0.3 is 6.09 Å². The van der Waals surface area contributed by atoms with E-state index in [1.165, 1.54) is 7.11 Å². The summed E-state index contributed by atoms with van der Waals surface area (Å²) in [7, 11) is 2.94. The van der Waals surface area contributed by atoms with Crippen molar-refractivity contribution in [3.63, 3.8) is 0 Å². The van der Waals surface area contributed by atoms with Gasteiger partial charge in [0.05, 0.1) is 32.2 Å². The number of hydrogen-bond donors (Lipinski definition) is 2. The summed E-state index contributed by atoms with van der Waals surface area (Å²) < 4.78 is 11.2. The number of halogens is 1. The summed E-state index contributed by atoms with van der Waals surface area (Å²) in [6.07, 6.45) is 5.60. The van der Waals surface area contributed by atoms with Crippen LogP contribution in [0, 0.1) is 5.92 Å². The smallest absolute Gasteiger partial charge is 0.407 e. The monoisotopic (exact) mass is 496 g/mol. The number of methoxy groups -OCH3 is 2. The minimum absolute atomic E-state index is 0.0876. The fraction of sp³-hybridized carbons (Fsp3) is 0.591. The minimum Gasteiger partial charge on any atom is -0.496 e. The maximum Gasteiger partial charge on any atom is 0.407 e. The standard InChI is InChI=1S/C22H33BrN4O4/c1-7-17(27(8-2)21(28)19(13(3)4)26-22(29)31-6)20-24-12-16(25-20)14-9-10-15(23)18(11-14)30-5/h11-13,17,19H,7-10H2,1-6H3,(H,24,25)(H,26,29). The number of rotatable bonds is 9. The van der Waals surface area contributed by atoms with Crippen molar-refractivity contribution in [2.75, 3.05) is 20.8 Å². The number of alkyl carbamates (subject to hydrolysis) is 1. The first-order valence-corrected chi connectivity index (χ1v) is 11.4. The van der Waals surface area contributed by atoms with Gasteiger partial charge in [-0.05, 0) is 43.8 Å². The molecule has 8 nitrogen and oxygen atoms in total. The lowest BCUT2D eigenvalue weighted by Gasteiger charge is -2.33. The van der Waals surface area contributed by atoms with Crippen molar-refractivity contribution < 1.29 is 19.1 Å². The van der Waals surface area contributed by atoms with Gasteiger partial charge in [-0.3, -0.25) is 4.79 Å². The molecule has 1 aliphatic carbocycles. The Bertz CT molecular complexity index is 846. The Hall–Kier alpha value is -2.29. The zero-order chi connectivity index (χ0) is 23.1. The van der Waals surface area contributed by atoms with Gasteiger partial charge in [0.15, 0.2) is 0 Å². The molecule has 1 heterocycles. The number of nitrogens with zero attached hydrogens (tertiary/aromatic N) is 2. The van der Waals surface area contributed by atoms with Crippen molar-refractivity contribution in [2.24, 2.45) is 5.92 Å². The first-order valence-electron chi connectivity index (χ1n) is 10.6. The van der Waals surface area contributed by atoms with E-state index >= 15 is 0 Å². The molecule has 2 atom stereocenters. The second-order valence-electron chi connectivity index (χ2n) is 7.73. The summed E-state index contributed by atoms with van der Waals surface area (Å²) in [5.74, 6) is 1.29. The van der Waals surface area contributed by atoms with Gasteiger partial charge in [-0.1, -0.05) is 36.7 Å². The van der Waals surface area contributed by atoms with Gasteiger partial charge in [-0.25, -0.2) is 9.78 Å². The lowest BCUT2D eigenvalue weighted by Crippen LogP contribution is -2.52. The third-order valence-electron chi connectivity index (χ3n) is 5.44. The number of amides is 2. The number of likely N-dealkylation sites (N-methyl/N-ethyl adjacent to an activating group) is 1. The van der Waals surface area contributed by atoms with Gasteiger partial charge < -0.3 is 24.7 Å². The van der Waals surface area contributed by atoms with Gasteiger partial charge in [0.25, 0.3) is 0 Å². The number of aromatic nitrogens is 2. The molecule has 2 unspecified atom stereocenters. The van der Waals surface area contributed by atoms with Crippen LogP contribution in [-0.4, -0.2) is 53.7 Å². The lowest BCUT2D eigenvalue weighted by molar-refractivity contribution is -0.137. The van der Waals surface area contributed by atoms with E-state index in [0.29, 0.717) is 13.0 Å². The normalized spacial score (nSPS) is 15.9. The Balaban J connectivity index is 2.29. The molecule has 0 aliphatic heterocycles. The summed E-state index contributed by atoms with van der Waals surface area (Å²) >= 11 is 3.55. The van der Waals surface area contributed by atoms with E-state index in [0.717, 1.165) is 40.2 Å². The molecule has 1 aromatic rings. The molecule has 172 valence electrons. The number of carbonyl (C=O) groups is 2. The van der Waals surface area contributed by atoms with Gasteiger partial charge in [0.1, 0.15) is 17.6 Å². The molecule has 0 saturated heterocycles. The fourth-order valence-electron chi connectivity index (χ4n) is 3.70. The Kier molecular flexibility index (Phi) is 9.15. The first kappa shape index (κ1) is 25.0.